The first-order chi connectivity index (χ1) is 10.3. The van der Waals surface area contributed by atoms with Gasteiger partial charge in [0, 0.05) is 6.42 Å². The number of quaternary nitrogens is 1. The number of hydrogen-bond donors (Lipinski definition) is 1. The first-order valence-corrected chi connectivity index (χ1v) is 8.92. The smallest absolute Gasteiger partial charge is 0.182 e. The van der Waals surface area contributed by atoms with Crippen LogP contribution in [0.15, 0.2) is 17.1 Å². The molecule has 0 aromatic rings. The Morgan fingerprint density at radius 3 is 2.48 bits per heavy atom. The number of aliphatic hydroxyl groups is 1. The van der Waals surface area contributed by atoms with E-state index in [1.54, 1.807) is 0 Å². The van der Waals surface area contributed by atoms with Crippen molar-refractivity contribution in [3.8, 4) is 0 Å². The number of likely N-dealkylation sites (N-methyl/N-ethyl adjacent to an activating group) is 1. The first kappa shape index (κ1) is 18.4. The molecule has 3 heteroatoms. The van der Waals surface area contributed by atoms with Gasteiger partial charge in [0.05, 0.1) is 19.4 Å². The summed E-state index contributed by atoms with van der Waals surface area (Å²) in [5.74, 6) is 0. The Bertz CT molecular complexity index is 314. The maximum Gasteiger partial charge on any atom is 0.182 e. The highest BCUT2D eigenvalue weighted by molar-refractivity contribution is 5.60. The summed E-state index contributed by atoms with van der Waals surface area (Å²) >= 11 is 0. The van der Waals surface area contributed by atoms with Gasteiger partial charge in [-0.05, 0) is 39.0 Å². The van der Waals surface area contributed by atoms with E-state index < -0.39 is 0 Å². The van der Waals surface area contributed by atoms with Gasteiger partial charge in [-0.1, -0.05) is 31.9 Å². The second-order valence-electron chi connectivity index (χ2n) is 6.23. The Morgan fingerprint density at radius 2 is 1.86 bits per heavy atom. The lowest BCUT2D eigenvalue weighted by atomic mass is 10.1. The third-order valence-electron chi connectivity index (χ3n) is 4.75. The molecule has 0 amide bonds. The van der Waals surface area contributed by atoms with Crippen molar-refractivity contribution in [3.05, 3.63) is 12.2 Å². The number of nitrogens with zero attached hydrogens (tertiary/aromatic N) is 2. The van der Waals surface area contributed by atoms with E-state index in [0.717, 1.165) is 30.5 Å². The molecule has 1 aliphatic heterocycles. The molecular formula is C18H35N2O+. The summed E-state index contributed by atoms with van der Waals surface area (Å²) in [6.45, 7) is 7.66. The first-order valence-electron chi connectivity index (χ1n) is 8.92. The van der Waals surface area contributed by atoms with Gasteiger partial charge >= 0.3 is 0 Å². The maximum atomic E-state index is 9.29. The predicted molar refractivity (Wildman–Crippen MR) is 91.7 cm³/mol. The van der Waals surface area contributed by atoms with Gasteiger partial charge in [0.15, 0.2) is 6.17 Å². The zero-order valence-electron chi connectivity index (χ0n) is 14.1. The van der Waals surface area contributed by atoms with Crippen molar-refractivity contribution < 1.29 is 9.59 Å². The standard InChI is InChI=1S/C18H35N2O/c1-3-5-6-7-8-9-10-11-12-13-18-19-14-15-20(18,4-2)16-17-21/h8-9,14,18,21H,3-7,10-13,15-17H2,1-2H3/q+1/b9-8+. The number of hydrogen-bond acceptors (Lipinski definition) is 2. The molecule has 0 saturated carbocycles. The normalized spacial score (nSPS) is 25.2. The van der Waals surface area contributed by atoms with Crippen LogP contribution in [0.5, 0.6) is 0 Å². The van der Waals surface area contributed by atoms with Gasteiger partial charge in [-0.25, -0.2) is 4.99 Å². The van der Waals surface area contributed by atoms with E-state index in [4.69, 9.17) is 0 Å². The minimum atomic E-state index is 0.272. The van der Waals surface area contributed by atoms with Crippen molar-refractivity contribution >= 4 is 6.21 Å². The molecular weight excluding hydrogens is 260 g/mol. The minimum absolute atomic E-state index is 0.272. The van der Waals surface area contributed by atoms with Crippen LogP contribution in [0.3, 0.4) is 0 Å². The van der Waals surface area contributed by atoms with Crippen LogP contribution in [-0.4, -0.2) is 48.2 Å². The third kappa shape index (κ3) is 6.31. The third-order valence-corrected chi connectivity index (χ3v) is 4.75. The monoisotopic (exact) mass is 295 g/mol. The second kappa shape index (κ2) is 11.0. The number of unbranched alkanes of at least 4 members (excludes halogenated alkanes) is 5. The minimum Gasteiger partial charge on any atom is -0.391 e. The summed E-state index contributed by atoms with van der Waals surface area (Å²) in [5, 5.41) is 9.29. The van der Waals surface area contributed by atoms with E-state index in [1.165, 1.54) is 44.9 Å². The molecule has 0 aliphatic carbocycles. The molecule has 21 heavy (non-hydrogen) atoms. The summed E-state index contributed by atoms with van der Waals surface area (Å²) in [6, 6.07) is 0. The van der Waals surface area contributed by atoms with Crippen LogP contribution in [0.2, 0.25) is 0 Å². The maximum absolute atomic E-state index is 9.29. The molecule has 3 nitrogen and oxygen atoms in total. The SMILES string of the molecule is CCCCC/C=C/CCCCC1N=CC[N+]1(CC)CCO. The number of allylic oxidation sites excluding steroid dienone is 2. The Hall–Kier alpha value is -0.670. The highest BCUT2D eigenvalue weighted by atomic mass is 16.3. The van der Waals surface area contributed by atoms with Crippen LogP contribution in [0, 0.1) is 0 Å². The molecule has 0 spiro atoms. The average molecular weight is 295 g/mol. The zero-order valence-corrected chi connectivity index (χ0v) is 14.1. The van der Waals surface area contributed by atoms with Crippen molar-refractivity contribution in [3.63, 3.8) is 0 Å². The molecule has 0 saturated heterocycles. The fourth-order valence-corrected chi connectivity index (χ4v) is 3.22. The summed E-state index contributed by atoms with van der Waals surface area (Å²) in [6.07, 6.45) is 17.3. The fourth-order valence-electron chi connectivity index (χ4n) is 3.22. The molecule has 1 rings (SSSR count). The highest BCUT2D eigenvalue weighted by Crippen LogP contribution is 2.23. The summed E-state index contributed by atoms with van der Waals surface area (Å²) in [7, 11) is 0. The molecule has 1 aliphatic rings. The summed E-state index contributed by atoms with van der Waals surface area (Å²) in [4.78, 5) is 4.66. The van der Waals surface area contributed by atoms with E-state index in [2.05, 4.69) is 37.2 Å². The Balaban J connectivity index is 2.15. The van der Waals surface area contributed by atoms with E-state index >= 15 is 0 Å². The molecule has 1 heterocycles. The summed E-state index contributed by atoms with van der Waals surface area (Å²) in [5.41, 5.74) is 0. The Labute approximate surface area is 131 Å². The molecule has 0 bridgehead atoms. The lowest BCUT2D eigenvalue weighted by molar-refractivity contribution is -0.936. The van der Waals surface area contributed by atoms with E-state index in [9.17, 15) is 5.11 Å². The lowest BCUT2D eigenvalue weighted by Crippen LogP contribution is -2.53. The van der Waals surface area contributed by atoms with Crippen molar-refractivity contribution in [1.29, 1.82) is 0 Å². The number of aliphatic hydroxyl groups excluding tert-OH is 1. The highest BCUT2D eigenvalue weighted by Gasteiger charge is 2.36. The molecule has 0 fully saturated rings. The van der Waals surface area contributed by atoms with E-state index in [1.807, 2.05) is 0 Å². The van der Waals surface area contributed by atoms with E-state index in [0.29, 0.717) is 6.17 Å². The van der Waals surface area contributed by atoms with Crippen molar-refractivity contribution in [2.24, 2.45) is 4.99 Å². The lowest BCUT2D eigenvalue weighted by Gasteiger charge is -2.37. The number of rotatable bonds is 12. The van der Waals surface area contributed by atoms with Crippen LogP contribution >= 0.6 is 0 Å². The Morgan fingerprint density at radius 1 is 1.14 bits per heavy atom. The second-order valence-corrected chi connectivity index (χ2v) is 6.23. The van der Waals surface area contributed by atoms with Gasteiger partial charge in [0.25, 0.3) is 0 Å². The van der Waals surface area contributed by atoms with Crippen LogP contribution in [0.25, 0.3) is 0 Å². The van der Waals surface area contributed by atoms with Crippen LogP contribution in [0.1, 0.15) is 65.2 Å². The van der Waals surface area contributed by atoms with Gasteiger partial charge < -0.3 is 5.11 Å². The van der Waals surface area contributed by atoms with Crippen molar-refractivity contribution in [1.82, 2.24) is 0 Å². The van der Waals surface area contributed by atoms with Crippen molar-refractivity contribution in [2.45, 2.75) is 71.4 Å². The zero-order chi connectivity index (χ0) is 15.4. The molecule has 0 radical (unpaired) electrons. The predicted octanol–water partition coefficient (Wildman–Crippen LogP) is 3.92. The Kier molecular flexibility index (Phi) is 9.60. The number of aliphatic imine (C=N–C) groups is 1. The molecule has 2 unspecified atom stereocenters. The topological polar surface area (TPSA) is 32.6 Å². The molecule has 0 aromatic carbocycles. The van der Waals surface area contributed by atoms with Crippen LogP contribution < -0.4 is 0 Å². The van der Waals surface area contributed by atoms with Gasteiger partial charge in [-0.3, -0.25) is 4.48 Å². The molecule has 0 aromatic heterocycles. The van der Waals surface area contributed by atoms with Crippen LogP contribution in [-0.2, 0) is 0 Å². The average Bonchev–Trinajstić information content (AvgIpc) is 2.89. The largest absolute Gasteiger partial charge is 0.391 e. The van der Waals surface area contributed by atoms with Crippen LogP contribution in [0.4, 0.5) is 0 Å². The molecule has 122 valence electrons. The van der Waals surface area contributed by atoms with Gasteiger partial charge in [-0.2, -0.15) is 0 Å². The van der Waals surface area contributed by atoms with Crippen molar-refractivity contribution in [2.75, 3.05) is 26.2 Å². The molecule has 2 atom stereocenters. The fraction of sp³-hybridized carbons (Fsp3) is 0.833. The van der Waals surface area contributed by atoms with Gasteiger partial charge in [0.1, 0.15) is 13.1 Å². The van der Waals surface area contributed by atoms with Gasteiger partial charge in [0.2, 0.25) is 0 Å². The van der Waals surface area contributed by atoms with E-state index in [-0.39, 0.29) is 6.61 Å². The summed E-state index contributed by atoms with van der Waals surface area (Å²) < 4.78 is 0.962. The quantitative estimate of drug-likeness (QED) is 0.330. The molecule has 1 N–H and O–H groups in total. The van der Waals surface area contributed by atoms with Gasteiger partial charge in [-0.15, -0.1) is 0 Å².